The predicted molar refractivity (Wildman–Crippen MR) is 183 cm³/mol. The molecule has 0 saturated carbocycles. The van der Waals surface area contributed by atoms with Crippen LogP contribution in [0.4, 0.5) is 0 Å². The number of hydrogen-bond donors (Lipinski definition) is 0. The van der Waals surface area contributed by atoms with Gasteiger partial charge in [-0.25, -0.2) is 0 Å². The summed E-state index contributed by atoms with van der Waals surface area (Å²) in [5, 5.41) is 0. The monoisotopic (exact) mass is 674 g/mol. The van der Waals surface area contributed by atoms with Crippen molar-refractivity contribution in [2.24, 2.45) is 0 Å². The third-order valence-electron chi connectivity index (χ3n) is 8.20. The smallest absolute Gasteiger partial charge is 0.0293 e. The van der Waals surface area contributed by atoms with Crippen molar-refractivity contribution in [3.05, 3.63) is 166 Å². The molecule has 0 aliphatic heterocycles. The molecule has 2 aliphatic carbocycles. The first-order chi connectivity index (χ1) is 19.7. The summed E-state index contributed by atoms with van der Waals surface area (Å²) in [4.78, 5) is 0. The fourth-order valence-corrected chi connectivity index (χ4v) is 6.11. The Balaban J connectivity index is 0.00000169. The quantitative estimate of drug-likeness (QED) is 0.128. The average molecular weight is 677 g/mol. The van der Waals surface area contributed by atoms with Gasteiger partial charge >= 0.3 is 0 Å². The molecule has 0 saturated heterocycles. The maximum absolute atomic E-state index is 4.06. The molecule has 1 unspecified atom stereocenters. The van der Waals surface area contributed by atoms with Crippen molar-refractivity contribution in [3.63, 3.8) is 0 Å². The van der Waals surface area contributed by atoms with Crippen molar-refractivity contribution in [2.45, 2.75) is 38.0 Å². The van der Waals surface area contributed by atoms with Crippen molar-refractivity contribution in [1.29, 1.82) is 0 Å². The summed E-state index contributed by atoms with van der Waals surface area (Å²) >= 11 is 0. The molecule has 2 aliphatic rings. The van der Waals surface area contributed by atoms with Crippen LogP contribution in [-0.2, 0) is 38.0 Å². The van der Waals surface area contributed by atoms with Gasteiger partial charge in [0.25, 0.3) is 0 Å². The molecule has 43 heavy (non-hydrogen) atoms. The van der Waals surface area contributed by atoms with E-state index < -0.39 is 0 Å². The van der Waals surface area contributed by atoms with Gasteiger partial charge in [-0.1, -0.05) is 109 Å². The maximum atomic E-state index is 4.06. The van der Waals surface area contributed by atoms with Crippen LogP contribution in [0.3, 0.4) is 0 Å². The van der Waals surface area contributed by atoms with Crippen LogP contribution < -0.4 is 0 Å². The Morgan fingerprint density at radius 3 is 2.02 bits per heavy atom. The molecular weight excluding hydrogens is 643 g/mol. The van der Waals surface area contributed by atoms with Crippen LogP contribution in [0.25, 0.3) is 11.1 Å². The molecule has 0 fully saturated rings. The van der Waals surface area contributed by atoms with Crippen LogP contribution in [0.5, 0.6) is 0 Å². The van der Waals surface area contributed by atoms with Crippen molar-refractivity contribution < 1.29 is 26.2 Å². The van der Waals surface area contributed by atoms with Gasteiger partial charge in [-0.15, -0.1) is 31.4 Å². The molecule has 0 radical (unpaired) electrons. The second kappa shape index (κ2) is 15.4. The normalized spacial score (nSPS) is 13.1. The summed E-state index contributed by atoms with van der Waals surface area (Å²) in [5.41, 5.74) is 12.3. The number of fused-ring (bicyclic) bond motifs is 3. The molecule has 4 aromatic carbocycles. The molecular formula is C40H34Cl2Zr. The van der Waals surface area contributed by atoms with Gasteiger partial charge in [-0.2, -0.15) is 0 Å². The minimum atomic E-state index is -0.137. The van der Waals surface area contributed by atoms with Gasteiger partial charge in [0, 0.05) is 53.9 Å². The number of rotatable bonds is 5. The molecule has 212 valence electrons. The summed E-state index contributed by atoms with van der Waals surface area (Å²) in [7, 11) is 0. The molecule has 0 bridgehead atoms. The van der Waals surface area contributed by atoms with E-state index in [0.717, 1.165) is 47.9 Å². The zero-order valence-corrected chi connectivity index (χ0v) is 28.4. The molecule has 1 atom stereocenters. The first-order valence-corrected chi connectivity index (χ1v) is 14.1. The van der Waals surface area contributed by atoms with E-state index >= 15 is 0 Å². The number of halogens is 2. The van der Waals surface area contributed by atoms with E-state index in [1.165, 1.54) is 33.4 Å². The number of hydrogen-bond acceptors (Lipinski definition) is 0. The van der Waals surface area contributed by atoms with Gasteiger partial charge in [-0.05, 0) is 96.0 Å². The first-order valence-electron chi connectivity index (χ1n) is 14.1. The SMILES string of the molecule is C=CCCC(C)(C1=CC=CC1)c1c(C#Cc2ccccc2)ccc2c1Cc1cc(C#Cc3ccccc3)ccc1-2.Cl.Cl.[Zr]. The zero-order valence-electron chi connectivity index (χ0n) is 24.3. The van der Waals surface area contributed by atoms with E-state index in [-0.39, 0.29) is 56.4 Å². The topological polar surface area (TPSA) is 0 Å². The number of benzene rings is 4. The zero-order chi connectivity index (χ0) is 27.4. The number of allylic oxidation sites excluding steroid dienone is 5. The Kier molecular flexibility index (Phi) is 12.3. The molecule has 0 heterocycles. The third-order valence-corrected chi connectivity index (χ3v) is 8.20. The Morgan fingerprint density at radius 2 is 1.40 bits per heavy atom. The van der Waals surface area contributed by atoms with Crippen LogP contribution in [0, 0.1) is 23.7 Å². The molecule has 4 aromatic rings. The minimum Gasteiger partial charge on any atom is -0.147 e. The summed E-state index contributed by atoms with van der Waals surface area (Å²) < 4.78 is 0. The van der Waals surface area contributed by atoms with Gasteiger partial charge in [-0.3, -0.25) is 0 Å². The van der Waals surface area contributed by atoms with Crippen molar-refractivity contribution >= 4 is 24.8 Å². The van der Waals surface area contributed by atoms with E-state index in [2.05, 4.69) is 110 Å². The van der Waals surface area contributed by atoms with E-state index in [4.69, 9.17) is 0 Å². The maximum Gasteiger partial charge on any atom is 0.0293 e. The van der Waals surface area contributed by atoms with E-state index in [9.17, 15) is 0 Å². The fraction of sp³-hybridized carbons (Fsp3) is 0.150. The van der Waals surface area contributed by atoms with Gasteiger partial charge < -0.3 is 0 Å². The molecule has 0 N–H and O–H groups in total. The molecule has 0 aromatic heterocycles. The third kappa shape index (κ3) is 7.26. The fourth-order valence-electron chi connectivity index (χ4n) is 6.11. The van der Waals surface area contributed by atoms with Gasteiger partial charge in [0.05, 0.1) is 0 Å². The van der Waals surface area contributed by atoms with Crippen LogP contribution in [0.2, 0.25) is 0 Å². The van der Waals surface area contributed by atoms with Crippen LogP contribution in [0.1, 0.15) is 65.1 Å². The Morgan fingerprint density at radius 1 is 0.767 bits per heavy atom. The van der Waals surface area contributed by atoms with Crippen LogP contribution in [0.15, 0.2) is 127 Å². The van der Waals surface area contributed by atoms with Gasteiger partial charge in [0.15, 0.2) is 0 Å². The second-order valence-corrected chi connectivity index (χ2v) is 10.8. The van der Waals surface area contributed by atoms with Gasteiger partial charge in [0.2, 0.25) is 0 Å². The summed E-state index contributed by atoms with van der Waals surface area (Å²) in [6, 6.07) is 31.7. The summed E-state index contributed by atoms with van der Waals surface area (Å²) in [6.45, 7) is 6.48. The van der Waals surface area contributed by atoms with E-state index in [1.54, 1.807) is 0 Å². The van der Waals surface area contributed by atoms with E-state index in [0.29, 0.717) is 0 Å². The molecule has 0 spiro atoms. The van der Waals surface area contributed by atoms with E-state index in [1.807, 2.05) is 42.5 Å². The Labute approximate surface area is 288 Å². The summed E-state index contributed by atoms with van der Waals surface area (Å²) in [6.07, 6.45) is 12.7. The largest absolute Gasteiger partial charge is 0.147 e. The minimum absolute atomic E-state index is 0. The van der Waals surface area contributed by atoms with Crippen LogP contribution >= 0.6 is 24.8 Å². The molecule has 3 heteroatoms. The molecule has 0 nitrogen and oxygen atoms in total. The van der Waals surface area contributed by atoms with Crippen molar-refractivity contribution in [3.8, 4) is 34.8 Å². The second-order valence-electron chi connectivity index (χ2n) is 10.8. The van der Waals surface area contributed by atoms with Crippen LogP contribution in [-0.4, -0.2) is 0 Å². The Hall–Kier alpha value is -3.32. The molecule has 0 amide bonds. The van der Waals surface area contributed by atoms with Crippen molar-refractivity contribution in [2.75, 3.05) is 0 Å². The molecule has 6 rings (SSSR count). The average Bonchev–Trinajstić information content (AvgIpc) is 3.67. The standard InChI is InChI=1S/C40H32.2ClH.Zr/c1-3-4-27-40(2,35-17-11-12-18-35)39-33(23-21-31-15-9-6-10-16-31)24-26-37-36-25-22-32(28-34(36)29-38(37)39)20-19-30-13-7-5-8-14-30;;;/h3,5-17,22,24-26,28H,1,4,18,27,29H2,2H3;2*1H;. The van der Waals surface area contributed by atoms with Crippen molar-refractivity contribution in [1.82, 2.24) is 0 Å². The van der Waals surface area contributed by atoms with Gasteiger partial charge in [0.1, 0.15) is 0 Å². The Bertz CT molecular complexity index is 1780. The first kappa shape index (κ1) is 34.2. The summed E-state index contributed by atoms with van der Waals surface area (Å²) in [5.74, 6) is 13.7. The predicted octanol–water partition coefficient (Wildman–Crippen LogP) is 10.0.